The Morgan fingerprint density at radius 3 is 2.39 bits per heavy atom. The highest BCUT2D eigenvalue weighted by Crippen LogP contribution is 2.07. The Kier molecular flexibility index (Phi) is 3.29. The molecule has 0 aliphatic rings. The van der Waals surface area contributed by atoms with E-state index in [1.54, 1.807) is 24.3 Å². The van der Waals surface area contributed by atoms with E-state index in [0.717, 1.165) is 12.3 Å². The maximum absolute atomic E-state index is 11.6. The van der Waals surface area contributed by atoms with Crippen LogP contribution in [0.2, 0.25) is 0 Å². The first-order chi connectivity index (χ1) is 8.65. The van der Waals surface area contributed by atoms with Crippen molar-refractivity contribution in [3.8, 4) is 0 Å². The first kappa shape index (κ1) is 11.7. The first-order valence-electron chi connectivity index (χ1n) is 5.20. The Hall–Kier alpha value is -2.76. The van der Waals surface area contributed by atoms with Gasteiger partial charge < -0.3 is 15.8 Å². The molecule has 2 aromatic rings. The van der Waals surface area contributed by atoms with E-state index in [0.29, 0.717) is 16.1 Å². The second-order valence-electron chi connectivity index (χ2n) is 3.54. The zero-order chi connectivity index (χ0) is 13.0. The van der Waals surface area contributed by atoms with Crippen molar-refractivity contribution in [2.24, 2.45) is 0 Å². The van der Waals surface area contributed by atoms with Crippen molar-refractivity contribution >= 4 is 17.4 Å². The number of carbonyl (C=O) groups is 1. The van der Waals surface area contributed by atoms with Gasteiger partial charge in [-0.25, -0.2) is 4.79 Å². The Morgan fingerprint density at radius 2 is 1.72 bits per heavy atom. The summed E-state index contributed by atoms with van der Waals surface area (Å²) >= 11 is 0. The van der Waals surface area contributed by atoms with Crippen molar-refractivity contribution in [2.45, 2.75) is 0 Å². The fraction of sp³-hybridized carbons (Fsp3) is 0. The Morgan fingerprint density at radius 1 is 1.06 bits per heavy atom. The van der Waals surface area contributed by atoms with Crippen LogP contribution in [-0.4, -0.2) is 16.0 Å². The average Bonchev–Trinajstić information content (AvgIpc) is 2.35. The van der Waals surface area contributed by atoms with Crippen LogP contribution in [0.1, 0.15) is 0 Å². The molecule has 6 nitrogen and oxygen atoms in total. The van der Waals surface area contributed by atoms with E-state index in [2.05, 4.69) is 10.6 Å². The molecule has 1 aromatic carbocycles. The molecule has 2 amide bonds. The van der Waals surface area contributed by atoms with Gasteiger partial charge in [-0.15, -0.1) is 0 Å². The van der Waals surface area contributed by atoms with Crippen LogP contribution >= 0.6 is 0 Å². The maximum Gasteiger partial charge on any atom is 0.323 e. The third-order valence-corrected chi connectivity index (χ3v) is 2.19. The predicted octanol–water partition coefficient (Wildman–Crippen LogP) is 1.73. The number of rotatable bonds is 2. The normalized spacial score (nSPS) is 9.78. The Bertz CT molecular complexity index is 607. The third kappa shape index (κ3) is 2.88. The van der Waals surface area contributed by atoms with E-state index in [1.807, 2.05) is 6.07 Å². The summed E-state index contributed by atoms with van der Waals surface area (Å²) in [6, 6.07) is 11.0. The number of urea groups is 1. The molecule has 0 aliphatic carbocycles. The summed E-state index contributed by atoms with van der Waals surface area (Å²) in [7, 11) is 0. The summed E-state index contributed by atoms with van der Waals surface area (Å²) in [6.07, 6.45) is 1.15. The highest BCUT2D eigenvalue weighted by atomic mass is 16.5. The van der Waals surface area contributed by atoms with Gasteiger partial charge in [0.2, 0.25) is 0 Å². The van der Waals surface area contributed by atoms with Crippen LogP contribution in [0.15, 0.2) is 53.5 Å². The van der Waals surface area contributed by atoms with Crippen molar-refractivity contribution < 1.29 is 10.0 Å². The van der Waals surface area contributed by atoms with E-state index in [1.165, 1.54) is 6.07 Å². The third-order valence-electron chi connectivity index (χ3n) is 2.19. The smallest absolute Gasteiger partial charge is 0.323 e. The lowest BCUT2D eigenvalue weighted by atomic mass is 10.3. The fourth-order valence-corrected chi connectivity index (χ4v) is 1.36. The minimum Gasteiger partial charge on any atom is -0.425 e. The Balaban J connectivity index is 2.03. The number of benzene rings is 1. The predicted molar refractivity (Wildman–Crippen MR) is 67.0 cm³/mol. The topological polar surface area (TPSA) is 83.4 Å². The summed E-state index contributed by atoms with van der Waals surface area (Å²) in [5.74, 6) is 0. The maximum atomic E-state index is 11.6. The van der Waals surface area contributed by atoms with Crippen LogP contribution in [0.4, 0.5) is 16.2 Å². The number of pyridine rings is 1. The van der Waals surface area contributed by atoms with Crippen LogP contribution in [0, 0.1) is 0 Å². The molecule has 3 N–H and O–H groups in total. The SMILES string of the molecule is O=C(Nc1ccccc1)Nc1ccn(O)c(=O)c1. The van der Waals surface area contributed by atoms with Crippen LogP contribution in [-0.2, 0) is 0 Å². The Labute approximate surface area is 102 Å². The van der Waals surface area contributed by atoms with Crippen LogP contribution in [0.25, 0.3) is 0 Å². The van der Waals surface area contributed by atoms with E-state index < -0.39 is 11.6 Å². The van der Waals surface area contributed by atoms with Gasteiger partial charge in [-0.1, -0.05) is 18.2 Å². The number of carbonyl (C=O) groups excluding carboxylic acids is 1. The van der Waals surface area contributed by atoms with Crippen molar-refractivity contribution in [3.05, 3.63) is 59.0 Å². The van der Waals surface area contributed by atoms with Gasteiger partial charge in [-0.3, -0.25) is 4.79 Å². The standard InChI is InChI=1S/C12H11N3O3/c16-11-8-10(6-7-15(11)18)14-12(17)13-9-4-2-1-3-5-9/h1-8,18H,(H2,13,14,17). The van der Waals surface area contributed by atoms with Crippen molar-refractivity contribution in [1.29, 1.82) is 0 Å². The van der Waals surface area contributed by atoms with Gasteiger partial charge in [0, 0.05) is 23.6 Å². The molecule has 1 aromatic heterocycles. The molecule has 0 aliphatic heterocycles. The highest BCUT2D eigenvalue weighted by molar-refractivity contribution is 5.99. The van der Waals surface area contributed by atoms with Gasteiger partial charge in [0.1, 0.15) is 0 Å². The summed E-state index contributed by atoms with van der Waals surface area (Å²) in [4.78, 5) is 22.7. The van der Waals surface area contributed by atoms with Crippen LogP contribution in [0.3, 0.4) is 0 Å². The van der Waals surface area contributed by atoms with E-state index >= 15 is 0 Å². The molecule has 0 saturated carbocycles. The molecule has 0 unspecified atom stereocenters. The molecule has 1 heterocycles. The molecular formula is C12H11N3O3. The summed E-state index contributed by atoms with van der Waals surface area (Å²) in [5, 5.41) is 14.1. The zero-order valence-corrected chi connectivity index (χ0v) is 9.33. The monoisotopic (exact) mass is 245 g/mol. The number of aromatic nitrogens is 1. The van der Waals surface area contributed by atoms with Crippen LogP contribution < -0.4 is 16.2 Å². The van der Waals surface area contributed by atoms with E-state index in [4.69, 9.17) is 5.21 Å². The second kappa shape index (κ2) is 5.05. The van der Waals surface area contributed by atoms with Crippen molar-refractivity contribution in [3.63, 3.8) is 0 Å². The molecule has 18 heavy (non-hydrogen) atoms. The molecule has 0 radical (unpaired) electrons. The van der Waals surface area contributed by atoms with Crippen LogP contribution in [0.5, 0.6) is 0 Å². The van der Waals surface area contributed by atoms with Gasteiger partial charge in [-0.2, -0.15) is 4.73 Å². The van der Waals surface area contributed by atoms with Crippen molar-refractivity contribution in [1.82, 2.24) is 4.73 Å². The number of hydrogen-bond donors (Lipinski definition) is 3. The van der Waals surface area contributed by atoms with E-state index in [9.17, 15) is 9.59 Å². The van der Waals surface area contributed by atoms with Gasteiger partial charge in [0.15, 0.2) is 0 Å². The largest absolute Gasteiger partial charge is 0.425 e. The number of hydrogen-bond acceptors (Lipinski definition) is 3. The molecule has 2 rings (SSSR count). The number of para-hydroxylation sites is 1. The minimum atomic E-state index is -0.618. The molecule has 0 saturated heterocycles. The number of nitrogens with one attached hydrogen (secondary N) is 2. The first-order valence-corrected chi connectivity index (χ1v) is 5.20. The number of nitrogens with zero attached hydrogens (tertiary/aromatic N) is 1. The fourth-order valence-electron chi connectivity index (χ4n) is 1.36. The second-order valence-corrected chi connectivity index (χ2v) is 3.54. The molecule has 0 bridgehead atoms. The van der Waals surface area contributed by atoms with Crippen molar-refractivity contribution in [2.75, 3.05) is 10.6 Å². The lowest BCUT2D eigenvalue weighted by molar-refractivity contribution is 0.175. The number of amides is 2. The highest BCUT2D eigenvalue weighted by Gasteiger charge is 2.03. The molecule has 0 atom stereocenters. The quantitative estimate of drug-likeness (QED) is 0.704. The molecular weight excluding hydrogens is 234 g/mol. The zero-order valence-electron chi connectivity index (χ0n) is 9.33. The van der Waals surface area contributed by atoms with E-state index in [-0.39, 0.29) is 0 Å². The molecule has 0 spiro atoms. The molecule has 92 valence electrons. The van der Waals surface area contributed by atoms with Gasteiger partial charge >= 0.3 is 6.03 Å². The van der Waals surface area contributed by atoms with Gasteiger partial charge in [0.05, 0.1) is 0 Å². The molecule has 0 fully saturated rings. The summed E-state index contributed by atoms with van der Waals surface area (Å²) < 4.78 is 0.431. The number of anilines is 2. The lowest BCUT2D eigenvalue weighted by Gasteiger charge is -2.07. The summed E-state index contributed by atoms with van der Waals surface area (Å²) in [6.45, 7) is 0. The lowest BCUT2D eigenvalue weighted by Crippen LogP contribution is -2.22. The average molecular weight is 245 g/mol. The summed E-state index contributed by atoms with van der Waals surface area (Å²) in [5.41, 5.74) is 0.330. The molecule has 6 heteroatoms. The van der Waals surface area contributed by atoms with Gasteiger partial charge in [0.25, 0.3) is 5.56 Å². The minimum absolute atomic E-state index is 0.304. The van der Waals surface area contributed by atoms with Gasteiger partial charge in [-0.05, 0) is 18.2 Å².